The third-order valence-electron chi connectivity index (χ3n) is 4.11. The molecule has 104 valence electrons. The minimum Gasteiger partial charge on any atom is -0.497 e. The SMILES string of the molecule is CCCCC1C(C)C1C(=O)Nc1ccc(OC)cc1. The first-order chi connectivity index (χ1) is 9.17. The van der Waals surface area contributed by atoms with Gasteiger partial charge in [0.15, 0.2) is 0 Å². The first-order valence-corrected chi connectivity index (χ1v) is 7.12. The summed E-state index contributed by atoms with van der Waals surface area (Å²) < 4.78 is 5.10. The quantitative estimate of drug-likeness (QED) is 0.847. The van der Waals surface area contributed by atoms with Crippen LogP contribution in [0.15, 0.2) is 24.3 Å². The summed E-state index contributed by atoms with van der Waals surface area (Å²) in [5.41, 5.74) is 0.846. The second-order valence-electron chi connectivity index (χ2n) is 5.41. The third-order valence-corrected chi connectivity index (χ3v) is 4.11. The van der Waals surface area contributed by atoms with Gasteiger partial charge in [0.25, 0.3) is 0 Å². The zero-order valence-corrected chi connectivity index (χ0v) is 12.0. The molecule has 1 aliphatic rings. The normalized spacial score (nSPS) is 24.9. The summed E-state index contributed by atoms with van der Waals surface area (Å²) in [6, 6.07) is 7.48. The van der Waals surface area contributed by atoms with Gasteiger partial charge >= 0.3 is 0 Å². The highest BCUT2D eigenvalue weighted by atomic mass is 16.5. The van der Waals surface area contributed by atoms with Crippen LogP contribution in [-0.2, 0) is 4.79 Å². The average Bonchev–Trinajstić information content (AvgIpc) is 3.07. The molecule has 3 unspecified atom stereocenters. The molecule has 1 fully saturated rings. The van der Waals surface area contributed by atoms with E-state index in [1.165, 1.54) is 19.3 Å². The summed E-state index contributed by atoms with van der Waals surface area (Å²) in [7, 11) is 1.64. The largest absolute Gasteiger partial charge is 0.497 e. The number of nitrogens with one attached hydrogen (secondary N) is 1. The molecule has 0 aromatic heterocycles. The van der Waals surface area contributed by atoms with Crippen LogP contribution in [0.1, 0.15) is 33.1 Å². The van der Waals surface area contributed by atoms with Gasteiger partial charge in [-0.15, -0.1) is 0 Å². The predicted octanol–water partition coefficient (Wildman–Crippen LogP) is 3.71. The lowest BCUT2D eigenvalue weighted by molar-refractivity contribution is -0.117. The first kappa shape index (κ1) is 13.9. The fourth-order valence-electron chi connectivity index (χ4n) is 2.76. The van der Waals surface area contributed by atoms with E-state index in [-0.39, 0.29) is 11.8 Å². The molecule has 3 nitrogen and oxygen atoms in total. The number of hydrogen-bond donors (Lipinski definition) is 1. The Balaban J connectivity index is 1.87. The van der Waals surface area contributed by atoms with Crippen molar-refractivity contribution in [3.63, 3.8) is 0 Å². The van der Waals surface area contributed by atoms with Gasteiger partial charge in [-0.1, -0.05) is 26.7 Å². The Morgan fingerprint density at radius 3 is 2.58 bits per heavy atom. The summed E-state index contributed by atoms with van der Waals surface area (Å²) in [6.07, 6.45) is 3.61. The molecule has 3 atom stereocenters. The lowest BCUT2D eigenvalue weighted by Gasteiger charge is -2.06. The number of carbonyl (C=O) groups is 1. The second-order valence-corrected chi connectivity index (χ2v) is 5.41. The van der Waals surface area contributed by atoms with E-state index < -0.39 is 0 Å². The van der Waals surface area contributed by atoms with Crippen molar-refractivity contribution in [2.75, 3.05) is 12.4 Å². The van der Waals surface area contributed by atoms with E-state index in [9.17, 15) is 4.79 Å². The van der Waals surface area contributed by atoms with Gasteiger partial charge in [-0.2, -0.15) is 0 Å². The van der Waals surface area contributed by atoms with Crippen LogP contribution in [0, 0.1) is 17.8 Å². The van der Waals surface area contributed by atoms with Crippen molar-refractivity contribution in [2.24, 2.45) is 17.8 Å². The molecular weight excluding hydrogens is 238 g/mol. The highest BCUT2D eigenvalue weighted by molar-refractivity contribution is 5.94. The molecule has 0 bridgehead atoms. The molecule has 1 amide bonds. The fraction of sp³-hybridized carbons (Fsp3) is 0.562. The maximum atomic E-state index is 12.2. The lowest BCUT2D eigenvalue weighted by Crippen LogP contribution is -2.15. The zero-order chi connectivity index (χ0) is 13.8. The Morgan fingerprint density at radius 1 is 1.32 bits per heavy atom. The number of amides is 1. The van der Waals surface area contributed by atoms with Gasteiger partial charge in [0.05, 0.1) is 7.11 Å². The number of unbranched alkanes of at least 4 members (excludes halogenated alkanes) is 1. The van der Waals surface area contributed by atoms with Crippen molar-refractivity contribution >= 4 is 11.6 Å². The van der Waals surface area contributed by atoms with Crippen LogP contribution in [0.5, 0.6) is 5.75 Å². The van der Waals surface area contributed by atoms with E-state index in [1.807, 2.05) is 24.3 Å². The van der Waals surface area contributed by atoms with E-state index in [2.05, 4.69) is 19.2 Å². The number of hydrogen-bond acceptors (Lipinski definition) is 2. The van der Waals surface area contributed by atoms with Gasteiger partial charge in [0, 0.05) is 11.6 Å². The summed E-state index contributed by atoms with van der Waals surface area (Å²) in [5.74, 6) is 2.29. The van der Waals surface area contributed by atoms with Gasteiger partial charge in [-0.3, -0.25) is 4.79 Å². The number of rotatable bonds is 6. The van der Waals surface area contributed by atoms with Crippen molar-refractivity contribution in [1.29, 1.82) is 0 Å². The number of anilines is 1. The molecule has 1 aromatic rings. The molecule has 0 heterocycles. The number of carbonyl (C=O) groups excluding carboxylic acids is 1. The predicted molar refractivity (Wildman–Crippen MR) is 77.3 cm³/mol. The van der Waals surface area contributed by atoms with Gasteiger partial charge in [-0.05, 0) is 42.5 Å². The molecular formula is C16H23NO2. The summed E-state index contributed by atoms with van der Waals surface area (Å²) in [5, 5.41) is 3.00. The van der Waals surface area contributed by atoms with E-state index in [4.69, 9.17) is 4.74 Å². The molecule has 0 aliphatic heterocycles. The van der Waals surface area contributed by atoms with Crippen LogP contribution in [0.25, 0.3) is 0 Å². The van der Waals surface area contributed by atoms with Crippen molar-refractivity contribution < 1.29 is 9.53 Å². The van der Waals surface area contributed by atoms with E-state index in [0.717, 1.165) is 11.4 Å². The number of ether oxygens (including phenoxy) is 1. The van der Waals surface area contributed by atoms with Gasteiger partial charge in [-0.25, -0.2) is 0 Å². The van der Waals surface area contributed by atoms with Gasteiger partial charge in [0.2, 0.25) is 5.91 Å². The second kappa shape index (κ2) is 6.09. The molecule has 2 rings (SSSR count). The van der Waals surface area contributed by atoms with E-state index >= 15 is 0 Å². The van der Waals surface area contributed by atoms with Crippen molar-refractivity contribution in [2.45, 2.75) is 33.1 Å². The Morgan fingerprint density at radius 2 is 2.00 bits per heavy atom. The highest BCUT2D eigenvalue weighted by Crippen LogP contribution is 2.49. The zero-order valence-electron chi connectivity index (χ0n) is 12.0. The lowest BCUT2D eigenvalue weighted by atomic mass is 10.1. The smallest absolute Gasteiger partial charge is 0.228 e. The van der Waals surface area contributed by atoms with Crippen LogP contribution >= 0.6 is 0 Å². The van der Waals surface area contributed by atoms with Crippen molar-refractivity contribution in [1.82, 2.24) is 0 Å². The molecule has 3 heteroatoms. The van der Waals surface area contributed by atoms with Crippen LogP contribution in [0.2, 0.25) is 0 Å². The maximum absolute atomic E-state index is 12.2. The molecule has 1 aromatic carbocycles. The Bertz CT molecular complexity index is 427. The Labute approximate surface area is 115 Å². The average molecular weight is 261 g/mol. The summed E-state index contributed by atoms with van der Waals surface area (Å²) in [4.78, 5) is 12.2. The first-order valence-electron chi connectivity index (χ1n) is 7.12. The van der Waals surface area contributed by atoms with Gasteiger partial charge < -0.3 is 10.1 Å². The molecule has 1 N–H and O–H groups in total. The minimum absolute atomic E-state index is 0.166. The Hall–Kier alpha value is -1.51. The van der Waals surface area contributed by atoms with E-state index in [0.29, 0.717) is 11.8 Å². The van der Waals surface area contributed by atoms with Crippen LogP contribution < -0.4 is 10.1 Å². The van der Waals surface area contributed by atoms with Crippen LogP contribution in [0.4, 0.5) is 5.69 Å². The van der Waals surface area contributed by atoms with Crippen LogP contribution in [-0.4, -0.2) is 13.0 Å². The number of methoxy groups -OCH3 is 1. The van der Waals surface area contributed by atoms with Crippen LogP contribution in [0.3, 0.4) is 0 Å². The molecule has 0 spiro atoms. The number of benzene rings is 1. The third kappa shape index (κ3) is 3.28. The molecule has 0 radical (unpaired) electrons. The summed E-state index contributed by atoms with van der Waals surface area (Å²) in [6.45, 7) is 4.37. The van der Waals surface area contributed by atoms with Crippen molar-refractivity contribution in [3.05, 3.63) is 24.3 Å². The highest BCUT2D eigenvalue weighted by Gasteiger charge is 2.50. The van der Waals surface area contributed by atoms with Gasteiger partial charge in [0.1, 0.15) is 5.75 Å². The molecule has 0 saturated heterocycles. The molecule has 19 heavy (non-hydrogen) atoms. The maximum Gasteiger partial charge on any atom is 0.228 e. The molecule has 1 saturated carbocycles. The van der Waals surface area contributed by atoms with Crippen molar-refractivity contribution in [3.8, 4) is 5.75 Å². The monoisotopic (exact) mass is 261 g/mol. The molecule has 1 aliphatic carbocycles. The Kier molecular flexibility index (Phi) is 4.46. The summed E-state index contributed by atoms with van der Waals surface area (Å²) >= 11 is 0. The topological polar surface area (TPSA) is 38.3 Å². The minimum atomic E-state index is 0.166. The standard InChI is InChI=1S/C16H23NO2/c1-4-5-6-14-11(2)15(14)16(18)17-12-7-9-13(19-3)10-8-12/h7-11,14-15H,4-6H2,1-3H3,(H,17,18). The van der Waals surface area contributed by atoms with E-state index in [1.54, 1.807) is 7.11 Å². The fourth-order valence-corrected chi connectivity index (χ4v) is 2.76.